The Bertz CT molecular complexity index is 176. The fraction of sp³-hybridized carbons (Fsp3) is 0.667. The van der Waals surface area contributed by atoms with Crippen molar-refractivity contribution in [2.24, 2.45) is 0 Å². The third kappa shape index (κ3) is 2.23. The summed E-state index contributed by atoms with van der Waals surface area (Å²) in [6.07, 6.45) is 1.81. The number of carbonyl (C=O) groups is 2. The molecule has 1 fully saturated rings. The molecule has 0 amide bonds. The van der Waals surface area contributed by atoms with E-state index in [4.69, 9.17) is 4.65 Å². The molecule has 0 spiro atoms. The van der Waals surface area contributed by atoms with Gasteiger partial charge in [-0.25, -0.2) is 9.59 Å². The second kappa shape index (κ2) is 4.11. The van der Waals surface area contributed by atoms with Gasteiger partial charge in [0.25, 0.3) is 0 Å². The summed E-state index contributed by atoms with van der Waals surface area (Å²) >= 11 is 0. The van der Waals surface area contributed by atoms with Gasteiger partial charge in [0.15, 0.2) is 0 Å². The van der Waals surface area contributed by atoms with E-state index < -0.39 is 19.3 Å². The van der Waals surface area contributed by atoms with Crippen LogP contribution in [0, 0.1) is 0 Å². The van der Waals surface area contributed by atoms with Gasteiger partial charge in [-0.05, 0) is 6.42 Å². The summed E-state index contributed by atoms with van der Waals surface area (Å²) in [4.78, 5) is 20.9. The van der Waals surface area contributed by atoms with E-state index in [0.717, 1.165) is 12.8 Å². The highest BCUT2D eigenvalue weighted by molar-refractivity contribution is 6.55. The van der Waals surface area contributed by atoms with E-state index in [1.807, 2.05) is 6.92 Å². The molecule has 0 bridgehead atoms. The van der Waals surface area contributed by atoms with Gasteiger partial charge in [-0.1, -0.05) is 13.3 Å². The van der Waals surface area contributed by atoms with Gasteiger partial charge in [-0.15, -0.1) is 0 Å². The van der Waals surface area contributed by atoms with Crippen LogP contribution in [-0.4, -0.2) is 25.9 Å². The molecule has 0 aromatic rings. The van der Waals surface area contributed by atoms with E-state index in [1.165, 1.54) is 0 Å². The number of hydrogen-bond donors (Lipinski definition) is 0. The molecular weight excluding hydrogens is 163 g/mol. The standard InChI is InChI=1S/C6H9BO5/c1-2-3-4-10-7-11-5(8)6(9)12-7/h2-4H2,1H3. The molecule has 0 saturated carbocycles. The Kier molecular flexibility index (Phi) is 3.10. The topological polar surface area (TPSA) is 61.8 Å². The van der Waals surface area contributed by atoms with Gasteiger partial charge in [0.2, 0.25) is 0 Å². The van der Waals surface area contributed by atoms with Crippen molar-refractivity contribution < 1.29 is 23.6 Å². The molecule has 0 unspecified atom stereocenters. The molecule has 0 atom stereocenters. The summed E-state index contributed by atoms with van der Waals surface area (Å²) in [6, 6.07) is 0. The highest BCUT2D eigenvalue weighted by Crippen LogP contribution is 2.04. The summed E-state index contributed by atoms with van der Waals surface area (Å²) in [6.45, 7) is 2.41. The first-order chi connectivity index (χ1) is 5.74. The molecule has 5 nitrogen and oxygen atoms in total. The maximum atomic E-state index is 10.4. The number of hydrogen-bond acceptors (Lipinski definition) is 5. The quantitative estimate of drug-likeness (QED) is 0.336. The van der Waals surface area contributed by atoms with Gasteiger partial charge in [0, 0.05) is 6.61 Å². The van der Waals surface area contributed by atoms with Gasteiger partial charge in [0.05, 0.1) is 0 Å². The van der Waals surface area contributed by atoms with Crippen molar-refractivity contribution in [2.45, 2.75) is 19.8 Å². The highest BCUT2D eigenvalue weighted by Gasteiger charge is 2.43. The van der Waals surface area contributed by atoms with Crippen molar-refractivity contribution >= 4 is 19.3 Å². The van der Waals surface area contributed by atoms with Crippen LogP contribution in [-0.2, 0) is 23.6 Å². The van der Waals surface area contributed by atoms with Crippen molar-refractivity contribution in [1.82, 2.24) is 0 Å². The van der Waals surface area contributed by atoms with Crippen LogP contribution in [0.3, 0.4) is 0 Å². The predicted molar refractivity (Wildman–Crippen MR) is 38.8 cm³/mol. The molecule has 1 heterocycles. The van der Waals surface area contributed by atoms with Crippen molar-refractivity contribution in [2.75, 3.05) is 6.61 Å². The molecule has 66 valence electrons. The van der Waals surface area contributed by atoms with Gasteiger partial charge in [-0.3, -0.25) is 0 Å². The highest BCUT2D eigenvalue weighted by atomic mass is 16.8. The third-order valence-electron chi connectivity index (χ3n) is 1.33. The van der Waals surface area contributed by atoms with Crippen LogP contribution >= 0.6 is 0 Å². The summed E-state index contributed by atoms with van der Waals surface area (Å²) in [5.74, 6) is -1.98. The van der Waals surface area contributed by atoms with E-state index in [2.05, 4.69) is 9.31 Å². The van der Waals surface area contributed by atoms with Gasteiger partial charge < -0.3 is 14.0 Å². The van der Waals surface area contributed by atoms with Crippen molar-refractivity contribution in [3.63, 3.8) is 0 Å². The lowest BCUT2D eigenvalue weighted by Gasteiger charge is -2.01. The molecule has 1 aliphatic heterocycles. The largest absolute Gasteiger partial charge is 0.792 e. The monoisotopic (exact) mass is 172 g/mol. The predicted octanol–water partition coefficient (Wildman–Crippen LogP) is -0.112. The molecule has 12 heavy (non-hydrogen) atoms. The summed E-state index contributed by atoms with van der Waals surface area (Å²) in [5, 5.41) is 0. The lowest BCUT2D eigenvalue weighted by molar-refractivity contribution is -0.150. The first-order valence-electron chi connectivity index (χ1n) is 3.77. The molecule has 0 aromatic carbocycles. The molecule has 6 heteroatoms. The molecular formula is C6H9BO5. The van der Waals surface area contributed by atoms with Crippen molar-refractivity contribution in [3.8, 4) is 0 Å². The zero-order valence-electron chi connectivity index (χ0n) is 6.74. The summed E-state index contributed by atoms with van der Waals surface area (Å²) in [7, 11) is -1.13. The average molecular weight is 172 g/mol. The smallest absolute Gasteiger partial charge is 0.465 e. The maximum absolute atomic E-state index is 10.4. The SMILES string of the molecule is CCCCOB1OC(=O)C(=O)O1. The zero-order chi connectivity index (χ0) is 8.97. The number of unbranched alkanes of at least 4 members (excludes halogenated alkanes) is 1. The molecule has 0 radical (unpaired) electrons. The van der Waals surface area contributed by atoms with Crippen LogP contribution in [0.2, 0.25) is 0 Å². The van der Waals surface area contributed by atoms with Crippen LogP contribution < -0.4 is 0 Å². The average Bonchev–Trinajstić information content (AvgIpc) is 2.32. The lowest BCUT2D eigenvalue weighted by Crippen LogP contribution is -2.20. The molecule has 1 saturated heterocycles. The normalized spacial score (nSPS) is 16.2. The Hall–Kier alpha value is -1.04. The van der Waals surface area contributed by atoms with Gasteiger partial charge in [0.1, 0.15) is 0 Å². The van der Waals surface area contributed by atoms with Crippen molar-refractivity contribution in [3.05, 3.63) is 0 Å². The minimum Gasteiger partial charge on any atom is -0.465 e. The van der Waals surface area contributed by atoms with E-state index in [0.29, 0.717) is 6.61 Å². The van der Waals surface area contributed by atoms with Crippen LogP contribution in [0.1, 0.15) is 19.8 Å². The molecule has 0 N–H and O–H groups in total. The molecule has 0 aliphatic carbocycles. The van der Waals surface area contributed by atoms with Crippen LogP contribution in [0.5, 0.6) is 0 Å². The first-order valence-corrected chi connectivity index (χ1v) is 3.77. The van der Waals surface area contributed by atoms with E-state index in [1.54, 1.807) is 0 Å². The lowest BCUT2D eigenvalue weighted by atomic mass is 10.2. The summed E-state index contributed by atoms with van der Waals surface area (Å²) in [5.41, 5.74) is 0. The minimum absolute atomic E-state index is 0.418. The molecule has 0 aromatic heterocycles. The fourth-order valence-corrected chi connectivity index (χ4v) is 0.687. The van der Waals surface area contributed by atoms with Gasteiger partial charge >= 0.3 is 19.3 Å². The third-order valence-corrected chi connectivity index (χ3v) is 1.33. The first kappa shape index (κ1) is 9.06. The zero-order valence-corrected chi connectivity index (χ0v) is 6.74. The fourth-order valence-electron chi connectivity index (χ4n) is 0.687. The van der Waals surface area contributed by atoms with Crippen molar-refractivity contribution in [1.29, 1.82) is 0 Å². The Morgan fingerprint density at radius 3 is 2.42 bits per heavy atom. The maximum Gasteiger partial charge on any atom is 0.792 e. The number of carbonyl (C=O) groups excluding carboxylic acids is 2. The second-order valence-electron chi connectivity index (χ2n) is 2.32. The molecule has 1 aliphatic rings. The summed E-state index contributed by atoms with van der Waals surface area (Å²) < 4.78 is 13.7. The Balaban J connectivity index is 2.19. The second-order valence-corrected chi connectivity index (χ2v) is 2.32. The van der Waals surface area contributed by atoms with E-state index in [-0.39, 0.29) is 0 Å². The van der Waals surface area contributed by atoms with E-state index in [9.17, 15) is 9.59 Å². The number of rotatable bonds is 4. The minimum atomic E-state index is -1.13. The van der Waals surface area contributed by atoms with Crippen LogP contribution in [0.25, 0.3) is 0 Å². The van der Waals surface area contributed by atoms with Gasteiger partial charge in [-0.2, -0.15) is 0 Å². The van der Waals surface area contributed by atoms with Crippen LogP contribution in [0.15, 0.2) is 0 Å². The molecule has 1 rings (SSSR count). The Morgan fingerprint density at radius 1 is 1.33 bits per heavy atom. The van der Waals surface area contributed by atoms with E-state index >= 15 is 0 Å². The van der Waals surface area contributed by atoms with Crippen LogP contribution in [0.4, 0.5) is 0 Å². The Morgan fingerprint density at radius 2 is 1.92 bits per heavy atom. The Labute approximate surface area is 70.1 Å².